The predicted molar refractivity (Wildman–Crippen MR) is 76.3 cm³/mol. The van der Waals surface area contributed by atoms with Crippen molar-refractivity contribution in [1.82, 2.24) is 4.31 Å². The van der Waals surface area contributed by atoms with Gasteiger partial charge in [-0.3, -0.25) is 0 Å². The van der Waals surface area contributed by atoms with Crippen LogP contribution in [-0.2, 0) is 16.6 Å². The maximum absolute atomic E-state index is 13.3. The van der Waals surface area contributed by atoms with Crippen LogP contribution in [0.1, 0.15) is 15.9 Å². The third-order valence-electron chi connectivity index (χ3n) is 2.85. The fraction of sp³-hybridized carbons (Fsp3) is 0.154. The first kappa shape index (κ1) is 15.6. The summed E-state index contributed by atoms with van der Waals surface area (Å²) in [5.74, 6) is -2.22. The van der Waals surface area contributed by atoms with E-state index in [9.17, 15) is 17.6 Å². The lowest BCUT2D eigenvalue weighted by Gasteiger charge is -2.18. The molecular weight excluding hydrogens is 317 g/mol. The number of nitrogens with zero attached hydrogens (tertiary/aromatic N) is 1. The van der Waals surface area contributed by atoms with Gasteiger partial charge in [-0.05, 0) is 40.6 Å². The van der Waals surface area contributed by atoms with E-state index in [1.807, 2.05) is 0 Å². The molecular formula is C13H12FNO4S2. The van der Waals surface area contributed by atoms with E-state index in [1.165, 1.54) is 18.4 Å². The Morgan fingerprint density at radius 2 is 2.10 bits per heavy atom. The highest BCUT2D eigenvalue weighted by Crippen LogP contribution is 2.22. The monoisotopic (exact) mass is 329 g/mol. The molecule has 1 aromatic carbocycles. The number of thiophene rings is 1. The van der Waals surface area contributed by atoms with E-state index < -0.39 is 32.3 Å². The van der Waals surface area contributed by atoms with Crippen LogP contribution in [0.3, 0.4) is 0 Å². The number of carbonyl (C=O) groups is 1. The largest absolute Gasteiger partial charge is 0.478 e. The van der Waals surface area contributed by atoms with Gasteiger partial charge in [-0.1, -0.05) is 0 Å². The molecule has 1 aromatic heterocycles. The van der Waals surface area contributed by atoms with Crippen molar-refractivity contribution >= 4 is 27.3 Å². The van der Waals surface area contributed by atoms with Gasteiger partial charge in [0.2, 0.25) is 10.0 Å². The summed E-state index contributed by atoms with van der Waals surface area (Å²) in [6.07, 6.45) is 0. The number of aromatic carboxylic acids is 1. The number of carboxylic acids is 1. The molecule has 112 valence electrons. The zero-order valence-electron chi connectivity index (χ0n) is 11.0. The topological polar surface area (TPSA) is 74.7 Å². The van der Waals surface area contributed by atoms with Crippen molar-refractivity contribution in [3.8, 4) is 0 Å². The summed E-state index contributed by atoms with van der Waals surface area (Å²) in [4.78, 5) is 10.6. The number of hydrogen-bond acceptors (Lipinski definition) is 4. The van der Waals surface area contributed by atoms with Gasteiger partial charge in [-0.15, -0.1) is 0 Å². The van der Waals surface area contributed by atoms with E-state index in [0.717, 1.165) is 28.1 Å². The molecule has 0 aliphatic heterocycles. The SMILES string of the molecule is CN(Cc1ccsc1)S(=O)(=O)c1cc(F)ccc1C(=O)O. The van der Waals surface area contributed by atoms with Gasteiger partial charge in [-0.25, -0.2) is 17.6 Å². The lowest BCUT2D eigenvalue weighted by Crippen LogP contribution is -2.28. The third-order valence-corrected chi connectivity index (χ3v) is 5.42. The fourth-order valence-corrected chi connectivity index (χ4v) is 3.79. The Bertz CT molecular complexity index is 756. The molecule has 1 N–H and O–H groups in total. The molecule has 0 saturated carbocycles. The summed E-state index contributed by atoms with van der Waals surface area (Å²) in [5, 5.41) is 12.6. The van der Waals surface area contributed by atoms with Gasteiger partial charge in [0.05, 0.1) is 10.5 Å². The number of halogens is 1. The first-order chi connectivity index (χ1) is 9.82. The second-order valence-electron chi connectivity index (χ2n) is 4.34. The van der Waals surface area contributed by atoms with Crippen LogP contribution in [0.15, 0.2) is 39.9 Å². The van der Waals surface area contributed by atoms with Crippen LogP contribution in [0.2, 0.25) is 0 Å². The van der Waals surface area contributed by atoms with E-state index in [0.29, 0.717) is 0 Å². The number of benzene rings is 1. The molecule has 0 unspecified atom stereocenters. The molecule has 1 heterocycles. The van der Waals surface area contributed by atoms with E-state index in [-0.39, 0.29) is 6.54 Å². The van der Waals surface area contributed by atoms with Crippen molar-refractivity contribution in [1.29, 1.82) is 0 Å². The van der Waals surface area contributed by atoms with Gasteiger partial charge in [0, 0.05) is 13.6 Å². The van der Waals surface area contributed by atoms with Crippen molar-refractivity contribution in [2.24, 2.45) is 0 Å². The molecule has 0 fully saturated rings. The van der Waals surface area contributed by atoms with Crippen molar-refractivity contribution in [2.45, 2.75) is 11.4 Å². The maximum atomic E-state index is 13.3. The maximum Gasteiger partial charge on any atom is 0.337 e. The number of carboxylic acid groups (broad SMARTS) is 1. The van der Waals surface area contributed by atoms with Gasteiger partial charge in [0.15, 0.2) is 0 Å². The van der Waals surface area contributed by atoms with Crippen LogP contribution in [-0.4, -0.2) is 30.8 Å². The van der Waals surface area contributed by atoms with E-state index in [4.69, 9.17) is 5.11 Å². The molecule has 0 aliphatic carbocycles. The Morgan fingerprint density at radius 3 is 2.67 bits per heavy atom. The van der Waals surface area contributed by atoms with E-state index >= 15 is 0 Å². The highest BCUT2D eigenvalue weighted by Gasteiger charge is 2.27. The smallest absolute Gasteiger partial charge is 0.337 e. The Morgan fingerprint density at radius 1 is 1.38 bits per heavy atom. The molecule has 0 bridgehead atoms. The number of sulfonamides is 1. The minimum Gasteiger partial charge on any atom is -0.478 e. The first-order valence-corrected chi connectivity index (χ1v) is 8.21. The van der Waals surface area contributed by atoms with Crippen LogP contribution < -0.4 is 0 Å². The quantitative estimate of drug-likeness (QED) is 0.914. The van der Waals surface area contributed by atoms with E-state index in [2.05, 4.69) is 0 Å². The highest BCUT2D eigenvalue weighted by atomic mass is 32.2. The molecule has 2 rings (SSSR count). The minimum atomic E-state index is -4.10. The number of hydrogen-bond donors (Lipinski definition) is 1. The first-order valence-electron chi connectivity index (χ1n) is 5.82. The molecule has 5 nitrogen and oxygen atoms in total. The lowest BCUT2D eigenvalue weighted by atomic mass is 10.2. The summed E-state index contributed by atoms with van der Waals surface area (Å²) in [5.41, 5.74) is 0.327. The zero-order chi connectivity index (χ0) is 15.6. The average Bonchev–Trinajstić information content (AvgIpc) is 2.91. The molecule has 0 aliphatic rings. The van der Waals surface area contributed by atoms with E-state index in [1.54, 1.807) is 16.8 Å². The molecule has 0 saturated heterocycles. The van der Waals surface area contributed by atoms with Crippen LogP contribution in [0, 0.1) is 5.82 Å². The standard InChI is InChI=1S/C13H12FNO4S2/c1-15(7-9-4-5-20-8-9)21(18,19)12-6-10(14)2-3-11(12)13(16)17/h2-6,8H,7H2,1H3,(H,16,17). The van der Waals surface area contributed by atoms with Gasteiger partial charge in [-0.2, -0.15) is 15.6 Å². The van der Waals surface area contributed by atoms with Crippen LogP contribution in [0.4, 0.5) is 4.39 Å². The Labute approximate surface area is 125 Å². The highest BCUT2D eigenvalue weighted by molar-refractivity contribution is 7.89. The molecule has 0 radical (unpaired) electrons. The number of rotatable bonds is 5. The fourth-order valence-electron chi connectivity index (χ4n) is 1.78. The summed E-state index contributed by atoms with van der Waals surface area (Å²) in [6, 6.07) is 4.35. The third kappa shape index (κ3) is 3.29. The molecule has 0 atom stereocenters. The summed E-state index contributed by atoms with van der Waals surface area (Å²) >= 11 is 1.42. The van der Waals surface area contributed by atoms with Crippen LogP contribution in [0.5, 0.6) is 0 Å². The van der Waals surface area contributed by atoms with Crippen molar-refractivity contribution < 1.29 is 22.7 Å². The Hall–Kier alpha value is -1.77. The molecule has 8 heteroatoms. The summed E-state index contributed by atoms with van der Waals surface area (Å²) in [7, 11) is -2.77. The van der Waals surface area contributed by atoms with Gasteiger partial charge >= 0.3 is 5.97 Å². The molecule has 0 amide bonds. The summed E-state index contributed by atoms with van der Waals surface area (Å²) in [6.45, 7) is 0.0847. The van der Waals surface area contributed by atoms with Gasteiger partial charge < -0.3 is 5.11 Å². The lowest BCUT2D eigenvalue weighted by molar-refractivity contribution is 0.0692. The van der Waals surface area contributed by atoms with Gasteiger partial charge in [0.1, 0.15) is 5.82 Å². The van der Waals surface area contributed by atoms with Crippen LogP contribution >= 0.6 is 11.3 Å². The second-order valence-corrected chi connectivity index (χ2v) is 7.13. The second kappa shape index (κ2) is 5.92. The van der Waals surface area contributed by atoms with Crippen LogP contribution in [0.25, 0.3) is 0 Å². The molecule has 2 aromatic rings. The molecule has 0 spiro atoms. The van der Waals surface area contributed by atoms with Crippen molar-refractivity contribution in [3.05, 3.63) is 52.0 Å². The van der Waals surface area contributed by atoms with Crippen molar-refractivity contribution in [3.63, 3.8) is 0 Å². The Kier molecular flexibility index (Phi) is 4.40. The minimum absolute atomic E-state index is 0.0847. The normalized spacial score (nSPS) is 11.8. The van der Waals surface area contributed by atoms with Crippen molar-refractivity contribution in [2.75, 3.05) is 7.05 Å². The summed E-state index contributed by atoms with van der Waals surface area (Å²) < 4.78 is 39.2. The Balaban J connectivity index is 2.43. The average molecular weight is 329 g/mol. The molecule has 21 heavy (non-hydrogen) atoms. The van der Waals surface area contributed by atoms with Gasteiger partial charge in [0.25, 0.3) is 0 Å². The zero-order valence-corrected chi connectivity index (χ0v) is 12.6. The predicted octanol–water partition coefficient (Wildman–Crippen LogP) is 2.41.